The Hall–Kier alpha value is -2.69. The minimum atomic E-state index is -0.116. The first-order valence-electron chi connectivity index (χ1n) is 10.3. The minimum Gasteiger partial charge on any atom is -0.508 e. The lowest BCUT2D eigenvalue weighted by Gasteiger charge is -2.60. The van der Waals surface area contributed by atoms with Crippen LogP contribution < -0.4 is 9.47 Å². The predicted octanol–water partition coefficient (Wildman–Crippen LogP) is 3.92. The van der Waals surface area contributed by atoms with Gasteiger partial charge in [0.05, 0.1) is 0 Å². The van der Waals surface area contributed by atoms with E-state index in [0.29, 0.717) is 49.0 Å². The number of fused-ring (bicyclic) bond motifs is 5. The number of phenols is 1. The molecule has 2 atom stereocenters. The standard InChI is InChI=1S/C24H27NO4/c1-23(2)21-14-16-17(5-4-6-18(16)26)24(23,3)9-10-25(21)22(27)15-7-8-19-20(13-15)29-12-11-28-19/h4-8,13,21,26H,9-12,14H2,1-3H3. The van der Waals surface area contributed by atoms with Crippen LogP contribution in [-0.4, -0.2) is 41.7 Å². The largest absolute Gasteiger partial charge is 0.508 e. The fourth-order valence-electron chi connectivity index (χ4n) is 5.51. The predicted molar refractivity (Wildman–Crippen MR) is 110 cm³/mol. The van der Waals surface area contributed by atoms with Crippen molar-refractivity contribution in [3.8, 4) is 17.2 Å². The van der Waals surface area contributed by atoms with E-state index in [1.807, 2.05) is 23.1 Å². The van der Waals surface area contributed by atoms with Gasteiger partial charge in [0, 0.05) is 23.6 Å². The zero-order valence-electron chi connectivity index (χ0n) is 17.2. The normalized spacial score (nSPS) is 26.6. The molecule has 2 unspecified atom stereocenters. The molecule has 1 saturated heterocycles. The number of benzene rings is 2. The van der Waals surface area contributed by atoms with Crippen LogP contribution in [0.1, 0.15) is 48.7 Å². The molecule has 0 saturated carbocycles. The number of amides is 1. The second-order valence-corrected chi connectivity index (χ2v) is 9.18. The fraction of sp³-hybridized carbons (Fsp3) is 0.458. The zero-order chi connectivity index (χ0) is 20.4. The molecule has 5 rings (SSSR count). The van der Waals surface area contributed by atoms with Crippen LogP contribution in [0, 0.1) is 5.41 Å². The number of aromatic hydroxyl groups is 1. The van der Waals surface area contributed by atoms with Crippen molar-refractivity contribution < 1.29 is 19.4 Å². The van der Waals surface area contributed by atoms with Crippen molar-refractivity contribution in [2.75, 3.05) is 19.8 Å². The average Bonchev–Trinajstić information content (AvgIpc) is 2.70. The molecular weight excluding hydrogens is 366 g/mol. The van der Waals surface area contributed by atoms with Gasteiger partial charge in [0.15, 0.2) is 11.5 Å². The number of likely N-dealkylation sites (tertiary alicyclic amines) is 1. The van der Waals surface area contributed by atoms with Crippen molar-refractivity contribution in [1.29, 1.82) is 0 Å². The number of rotatable bonds is 1. The van der Waals surface area contributed by atoms with Gasteiger partial charge in [0.25, 0.3) is 5.91 Å². The molecule has 2 aromatic carbocycles. The first-order chi connectivity index (χ1) is 13.8. The maximum Gasteiger partial charge on any atom is 0.254 e. The van der Waals surface area contributed by atoms with Crippen LogP contribution in [0.4, 0.5) is 0 Å². The van der Waals surface area contributed by atoms with Crippen LogP contribution in [0.25, 0.3) is 0 Å². The summed E-state index contributed by atoms with van der Waals surface area (Å²) in [5.74, 6) is 1.68. The molecule has 1 aliphatic carbocycles. The van der Waals surface area contributed by atoms with Gasteiger partial charge in [-0.3, -0.25) is 4.79 Å². The molecule has 1 N–H and O–H groups in total. The van der Waals surface area contributed by atoms with Crippen LogP contribution >= 0.6 is 0 Å². The second kappa shape index (κ2) is 6.15. The van der Waals surface area contributed by atoms with Crippen molar-refractivity contribution in [3.05, 3.63) is 53.1 Å². The number of carbonyl (C=O) groups excluding carboxylic acids is 1. The van der Waals surface area contributed by atoms with Gasteiger partial charge in [-0.15, -0.1) is 0 Å². The van der Waals surface area contributed by atoms with Gasteiger partial charge in [0.2, 0.25) is 0 Å². The van der Waals surface area contributed by atoms with Crippen LogP contribution in [0.5, 0.6) is 17.2 Å². The van der Waals surface area contributed by atoms with Crippen LogP contribution in [-0.2, 0) is 11.8 Å². The molecule has 0 spiro atoms. The third-order valence-corrected chi connectivity index (χ3v) is 7.68. The van der Waals surface area contributed by atoms with E-state index < -0.39 is 0 Å². The molecule has 0 radical (unpaired) electrons. The maximum atomic E-state index is 13.5. The van der Waals surface area contributed by atoms with Gasteiger partial charge in [-0.25, -0.2) is 0 Å². The molecule has 5 heteroatoms. The number of piperidine rings is 1. The Balaban J connectivity index is 1.54. The lowest BCUT2D eigenvalue weighted by Crippen LogP contribution is -2.64. The van der Waals surface area contributed by atoms with E-state index in [4.69, 9.17) is 9.47 Å². The Morgan fingerprint density at radius 3 is 2.66 bits per heavy atom. The topological polar surface area (TPSA) is 59.0 Å². The highest BCUT2D eigenvalue weighted by molar-refractivity contribution is 5.95. The third-order valence-electron chi connectivity index (χ3n) is 7.68. The van der Waals surface area contributed by atoms with Crippen molar-refractivity contribution in [1.82, 2.24) is 4.90 Å². The minimum absolute atomic E-state index is 0.0148. The molecule has 2 heterocycles. The third kappa shape index (κ3) is 2.49. The van der Waals surface area contributed by atoms with E-state index in [-0.39, 0.29) is 22.8 Å². The fourth-order valence-corrected chi connectivity index (χ4v) is 5.51. The molecule has 1 amide bonds. The number of hydrogen-bond acceptors (Lipinski definition) is 4. The van der Waals surface area contributed by atoms with Crippen molar-refractivity contribution >= 4 is 5.91 Å². The van der Waals surface area contributed by atoms with Crippen LogP contribution in [0.15, 0.2) is 36.4 Å². The lowest BCUT2D eigenvalue weighted by molar-refractivity contribution is -0.0266. The van der Waals surface area contributed by atoms with Crippen LogP contribution in [0.2, 0.25) is 0 Å². The monoisotopic (exact) mass is 393 g/mol. The molecule has 2 aliphatic heterocycles. The number of phenolic OH excluding ortho intramolecular Hbond substituents is 1. The summed E-state index contributed by atoms with van der Waals surface area (Å²) in [6, 6.07) is 11.3. The van der Waals surface area contributed by atoms with E-state index in [2.05, 4.69) is 26.8 Å². The summed E-state index contributed by atoms with van der Waals surface area (Å²) in [5.41, 5.74) is 2.63. The van der Waals surface area contributed by atoms with Crippen molar-refractivity contribution in [2.24, 2.45) is 5.41 Å². The smallest absolute Gasteiger partial charge is 0.254 e. The Bertz CT molecular complexity index is 998. The van der Waals surface area contributed by atoms with E-state index >= 15 is 0 Å². The quantitative estimate of drug-likeness (QED) is 0.798. The zero-order valence-corrected chi connectivity index (χ0v) is 17.2. The second-order valence-electron chi connectivity index (χ2n) is 9.18. The number of ether oxygens (including phenoxy) is 2. The van der Waals surface area contributed by atoms with E-state index in [9.17, 15) is 9.90 Å². The summed E-state index contributed by atoms with van der Waals surface area (Å²) in [6.45, 7) is 8.53. The number of nitrogens with zero attached hydrogens (tertiary/aromatic N) is 1. The molecule has 2 bridgehead atoms. The summed E-state index contributed by atoms with van der Waals surface area (Å²) in [6.07, 6.45) is 1.53. The molecule has 29 heavy (non-hydrogen) atoms. The Morgan fingerprint density at radius 1 is 1.10 bits per heavy atom. The van der Waals surface area contributed by atoms with Gasteiger partial charge in [0.1, 0.15) is 19.0 Å². The van der Waals surface area contributed by atoms with Gasteiger partial charge in [-0.05, 0) is 53.6 Å². The highest BCUT2D eigenvalue weighted by Gasteiger charge is 2.57. The number of carbonyl (C=O) groups is 1. The Labute approximate surface area is 171 Å². The summed E-state index contributed by atoms with van der Waals surface area (Å²) in [4.78, 5) is 15.5. The van der Waals surface area contributed by atoms with Gasteiger partial charge < -0.3 is 19.5 Å². The molecule has 3 aliphatic rings. The average molecular weight is 393 g/mol. The van der Waals surface area contributed by atoms with E-state index in [1.165, 1.54) is 5.56 Å². The number of hydrogen-bond donors (Lipinski definition) is 1. The van der Waals surface area contributed by atoms with Crippen molar-refractivity contribution in [3.63, 3.8) is 0 Å². The molecule has 2 aromatic rings. The summed E-state index contributed by atoms with van der Waals surface area (Å²) in [5, 5.41) is 10.5. The summed E-state index contributed by atoms with van der Waals surface area (Å²) >= 11 is 0. The summed E-state index contributed by atoms with van der Waals surface area (Å²) < 4.78 is 11.3. The first kappa shape index (κ1) is 18.3. The van der Waals surface area contributed by atoms with Gasteiger partial charge in [-0.2, -0.15) is 0 Å². The molecule has 0 aromatic heterocycles. The SMILES string of the molecule is CC12CCN(C(=O)c3ccc4c(c3)OCCO4)C(Cc3c(O)cccc31)C2(C)C. The molecule has 152 valence electrons. The first-order valence-corrected chi connectivity index (χ1v) is 10.3. The van der Waals surface area contributed by atoms with Crippen molar-refractivity contribution in [2.45, 2.75) is 45.1 Å². The van der Waals surface area contributed by atoms with Crippen LogP contribution in [0.3, 0.4) is 0 Å². The Morgan fingerprint density at radius 2 is 1.86 bits per heavy atom. The summed E-state index contributed by atoms with van der Waals surface area (Å²) in [7, 11) is 0. The molecular formula is C24H27NO4. The maximum absolute atomic E-state index is 13.5. The highest BCUT2D eigenvalue weighted by atomic mass is 16.6. The highest BCUT2D eigenvalue weighted by Crippen LogP contribution is 2.57. The van der Waals surface area contributed by atoms with E-state index in [0.717, 1.165) is 12.0 Å². The Kier molecular flexibility index (Phi) is 3.89. The van der Waals surface area contributed by atoms with E-state index in [1.54, 1.807) is 12.1 Å². The van der Waals surface area contributed by atoms with Gasteiger partial charge >= 0.3 is 0 Å². The molecule has 5 nitrogen and oxygen atoms in total. The molecule has 1 fully saturated rings. The van der Waals surface area contributed by atoms with Gasteiger partial charge in [-0.1, -0.05) is 32.9 Å². The lowest BCUT2D eigenvalue weighted by atomic mass is 9.51.